The predicted octanol–water partition coefficient (Wildman–Crippen LogP) is 3.34. The molecular formula is C23H36N2O4. The van der Waals surface area contributed by atoms with E-state index in [0.29, 0.717) is 24.0 Å². The van der Waals surface area contributed by atoms with E-state index in [-0.39, 0.29) is 5.92 Å². The molecule has 0 unspecified atom stereocenters. The molecule has 1 aromatic carbocycles. The van der Waals surface area contributed by atoms with Crippen LogP contribution in [0.3, 0.4) is 0 Å². The first-order valence-corrected chi connectivity index (χ1v) is 11.0. The Hall–Kier alpha value is -1.79. The van der Waals surface area contributed by atoms with Gasteiger partial charge in [0.15, 0.2) is 11.5 Å². The summed E-state index contributed by atoms with van der Waals surface area (Å²) in [4.78, 5) is 17.8. The third-order valence-electron chi connectivity index (χ3n) is 6.09. The zero-order chi connectivity index (χ0) is 20.5. The van der Waals surface area contributed by atoms with Gasteiger partial charge >= 0.3 is 0 Å². The Kier molecular flexibility index (Phi) is 8.62. The van der Waals surface area contributed by atoms with Crippen LogP contribution in [0, 0.1) is 5.92 Å². The van der Waals surface area contributed by atoms with E-state index in [4.69, 9.17) is 14.2 Å². The Balaban J connectivity index is 1.65. The largest absolute Gasteiger partial charge is 0.493 e. The summed E-state index contributed by atoms with van der Waals surface area (Å²) >= 11 is 0. The van der Waals surface area contributed by atoms with Crippen LogP contribution in [0.5, 0.6) is 11.5 Å². The fourth-order valence-electron chi connectivity index (χ4n) is 4.38. The number of amides is 1. The van der Waals surface area contributed by atoms with Crippen molar-refractivity contribution in [3.8, 4) is 11.5 Å². The highest BCUT2D eigenvalue weighted by Crippen LogP contribution is 2.29. The summed E-state index contributed by atoms with van der Waals surface area (Å²) in [6.07, 6.45) is 6.67. The maximum Gasteiger partial charge on any atom is 0.225 e. The number of carbonyl (C=O) groups is 1. The predicted molar refractivity (Wildman–Crippen MR) is 113 cm³/mol. The molecule has 0 spiro atoms. The van der Waals surface area contributed by atoms with E-state index in [1.54, 1.807) is 14.2 Å². The van der Waals surface area contributed by atoms with Crippen LogP contribution < -0.4 is 9.47 Å². The van der Waals surface area contributed by atoms with Crippen LogP contribution in [0.15, 0.2) is 18.2 Å². The van der Waals surface area contributed by atoms with Crippen molar-refractivity contribution in [2.75, 3.05) is 53.6 Å². The van der Waals surface area contributed by atoms with Crippen molar-refractivity contribution in [1.82, 2.24) is 9.80 Å². The van der Waals surface area contributed by atoms with Crippen molar-refractivity contribution >= 4 is 5.91 Å². The lowest BCUT2D eigenvalue weighted by Crippen LogP contribution is -2.40. The summed E-state index contributed by atoms with van der Waals surface area (Å²) < 4.78 is 16.2. The Labute approximate surface area is 175 Å². The maximum absolute atomic E-state index is 13.3. The molecule has 0 N–H and O–H groups in total. The quantitative estimate of drug-likeness (QED) is 0.632. The Morgan fingerprint density at radius 3 is 2.52 bits per heavy atom. The minimum Gasteiger partial charge on any atom is -0.493 e. The van der Waals surface area contributed by atoms with E-state index >= 15 is 0 Å². The molecule has 1 aliphatic carbocycles. The second-order valence-corrected chi connectivity index (χ2v) is 8.09. The van der Waals surface area contributed by atoms with Crippen molar-refractivity contribution in [3.05, 3.63) is 23.8 Å². The van der Waals surface area contributed by atoms with Crippen molar-refractivity contribution < 1.29 is 19.0 Å². The van der Waals surface area contributed by atoms with Gasteiger partial charge in [0.05, 0.1) is 27.4 Å². The number of methoxy groups -OCH3 is 2. The molecular weight excluding hydrogens is 368 g/mol. The molecule has 6 nitrogen and oxygen atoms in total. The first-order valence-electron chi connectivity index (χ1n) is 11.0. The molecule has 0 aromatic heterocycles. The number of hydrogen-bond donors (Lipinski definition) is 0. The van der Waals surface area contributed by atoms with Crippen molar-refractivity contribution in [3.63, 3.8) is 0 Å². The Morgan fingerprint density at radius 2 is 1.83 bits per heavy atom. The molecule has 1 saturated heterocycles. The SMILES string of the molecule is COc1ccc(CN(CCCN2CCOCC2)C(=O)C2CCCCC2)cc1OC. The molecule has 162 valence electrons. The van der Waals surface area contributed by atoms with Crippen molar-refractivity contribution in [2.45, 2.75) is 45.1 Å². The fraction of sp³-hybridized carbons (Fsp3) is 0.696. The van der Waals surface area contributed by atoms with Gasteiger partial charge < -0.3 is 19.1 Å². The standard InChI is InChI=1S/C23H36N2O4/c1-27-21-10-9-19(17-22(21)28-2)18-25(23(26)20-7-4-3-5-8-20)12-6-11-24-13-15-29-16-14-24/h9-10,17,20H,3-8,11-16,18H2,1-2H3. The molecule has 1 aromatic rings. The van der Waals surface area contributed by atoms with Crippen molar-refractivity contribution in [1.29, 1.82) is 0 Å². The molecule has 0 bridgehead atoms. The summed E-state index contributed by atoms with van der Waals surface area (Å²) in [5.41, 5.74) is 1.08. The Bertz CT molecular complexity index is 640. The van der Waals surface area contributed by atoms with Gasteiger partial charge in [0.2, 0.25) is 5.91 Å². The van der Waals surface area contributed by atoms with Crippen LogP contribution in [0.1, 0.15) is 44.1 Å². The summed E-state index contributed by atoms with van der Waals surface area (Å²) in [7, 11) is 3.29. The van der Waals surface area contributed by atoms with Crippen LogP contribution in [0.2, 0.25) is 0 Å². The number of hydrogen-bond acceptors (Lipinski definition) is 5. The molecule has 3 rings (SSSR count). The summed E-state index contributed by atoms with van der Waals surface area (Å²) in [5.74, 6) is 1.94. The van der Waals surface area contributed by atoms with Gasteiger partial charge in [-0.05, 0) is 37.0 Å². The third-order valence-corrected chi connectivity index (χ3v) is 6.09. The van der Waals surface area contributed by atoms with Gasteiger partial charge in [-0.3, -0.25) is 9.69 Å². The average Bonchev–Trinajstić information content (AvgIpc) is 2.79. The van der Waals surface area contributed by atoms with Crippen molar-refractivity contribution in [2.24, 2.45) is 5.92 Å². The minimum atomic E-state index is 0.187. The summed E-state index contributed by atoms with van der Waals surface area (Å²) in [6, 6.07) is 5.94. The normalized spacial score (nSPS) is 18.4. The molecule has 0 atom stereocenters. The summed E-state index contributed by atoms with van der Waals surface area (Å²) in [6.45, 7) is 6.05. The van der Waals surface area contributed by atoms with E-state index in [2.05, 4.69) is 9.80 Å². The van der Waals surface area contributed by atoms with Crippen LogP contribution in [-0.4, -0.2) is 69.3 Å². The highest BCUT2D eigenvalue weighted by Gasteiger charge is 2.26. The topological polar surface area (TPSA) is 51.2 Å². The fourth-order valence-corrected chi connectivity index (χ4v) is 4.38. The van der Waals surface area contributed by atoms with Gasteiger partial charge in [-0.1, -0.05) is 25.3 Å². The molecule has 1 amide bonds. The lowest BCUT2D eigenvalue weighted by molar-refractivity contribution is -0.137. The first-order chi connectivity index (χ1) is 14.2. The average molecular weight is 405 g/mol. The second kappa shape index (κ2) is 11.4. The summed E-state index contributed by atoms with van der Waals surface area (Å²) in [5, 5.41) is 0. The molecule has 1 heterocycles. The highest BCUT2D eigenvalue weighted by molar-refractivity contribution is 5.79. The third kappa shape index (κ3) is 6.34. The zero-order valence-electron chi connectivity index (χ0n) is 18.0. The molecule has 1 aliphatic heterocycles. The number of ether oxygens (including phenoxy) is 3. The van der Waals surface area contributed by atoms with E-state index in [9.17, 15) is 4.79 Å². The number of carbonyl (C=O) groups excluding carboxylic acids is 1. The lowest BCUT2D eigenvalue weighted by Gasteiger charge is -2.31. The first kappa shape index (κ1) is 21.9. The van der Waals surface area contributed by atoms with E-state index in [1.165, 1.54) is 19.3 Å². The van der Waals surface area contributed by atoms with E-state index < -0.39 is 0 Å². The molecule has 29 heavy (non-hydrogen) atoms. The molecule has 2 fully saturated rings. The van der Waals surface area contributed by atoms with Crippen LogP contribution in [0.25, 0.3) is 0 Å². The van der Waals surface area contributed by atoms with Crippen LogP contribution in [-0.2, 0) is 16.1 Å². The van der Waals surface area contributed by atoms with E-state index in [1.807, 2.05) is 18.2 Å². The zero-order valence-corrected chi connectivity index (χ0v) is 18.0. The maximum atomic E-state index is 13.3. The van der Waals surface area contributed by atoms with E-state index in [0.717, 1.165) is 64.2 Å². The Morgan fingerprint density at radius 1 is 1.10 bits per heavy atom. The van der Waals surface area contributed by atoms with Gasteiger partial charge in [0.25, 0.3) is 0 Å². The number of benzene rings is 1. The lowest BCUT2D eigenvalue weighted by atomic mass is 9.88. The van der Waals surface area contributed by atoms with Gasteiger partial charge in [0, 0.05) is 38.6 Å². The molecule has 6 heteroatoms. The van der Waals surface area contributed by atoms with Crippen LogP contribution >= 0.6 is 0 Å². The molecule has 2 aliphatic rings. The van der Waals surface area contributed by atoms with Gasteiger partial charge in [0.1, 0.15) is 0 Å². The number of morpholine rings is 1. The second-order valence-electron chi connectivity index (χ2n) is 8.09. The van der Waals surface area contributed by atoms with Crippen LogP contribution in [0.4, 0.5) is 0 Å². The molecule has 1 saturated carbocycles. The van der Waals surface area contributed by atoms with Gasteiger partial charge in [-0.25, -0.2) is 0 Å². The smallest absolute Gasteiger partial charge is 0.225 e. The molecule has 0 radical (unpaired) electrons. The highest BCUT2D eigenvalue weighted by atomic mass is 16.5. The monoisotopic (exact) mass is 404 g/mol. The number of nitrogens with zero attached hydrogens (tertiary/aromatic N) is 2. The minimum absolute atomic E-state index is 0.187. The van der Waals surface area contributed by atoms with Gasteiger partial charge in [-0.2, -0.15) is 0 Å². The van der Waals surface area contributed by atoms with Gasteiger partial charge in [-0.15, -0.1) is 0 Å². The number of rotatable bonds is 9.